The van der Waals surface area contributed by atoms with Crippen LogP contribution in [0.25, 0.3) is 11.3 Å². The van der Waals surface area contributed by atoms with Crippen LogP contribution in [0.3, 0.4) is 0 Å². The van der Waals surface area contributed by atoms with E-state index in [0.29, 0.717) is 22.2 Å². The molecule has 3 aromatic rings. The molecule has 156 valence electrons. The van der Waals surface area contributed by atoms with Crippen LogP contribution in [-0.2, 0) is 9.59 Å². The van der Waals surface area contributed by atoms with Crippen molar-refractivity contribution in [1.29, 1.82) is 0 Å². The average Bonchev–Trinajstić information content (AvgIpc) is 3.21. The van der Waals surface area contributed by atoms with E-state index >= 15 is 0 Å². The standard InChI is InChI=1S/C22H22N2O5S/c1-28-18-9-8-15(10-19(18)29-2)16(12-21(26)27)11-20(25)24-22-23-17(13-30-22)14-6-4-3-5-7-14/h3-10,13,16H,11-12H2,1-2H3,(H,26,27)(H,23,24,25)/t16-/m1/s1. The second-order valence-electron chi connectivity index (χ2n) is 6.57. The van der Waals surface area contributed by atoms with Gasteiger partial charge < -0.3 is 19.9 Å². The Morgan fingerprint density at radius 2 is 1.80 bits per heavy atom. The number of aromatic nitrogens is 1. The summed E-state index contributed by atoms with van der Waals surface area (Å²) < 4.78 is 10.5. The Kier molecular flexibility index (Phi) is 7.03. The van der Waals surface area contributed by atoms with E-state index in [9.17, 15) is 14.7 Å². The van der Waals surface area contributed by atoms with Crippen LogP contribution in [0, 0.1) is 0 Å². The molecule has 8 heteroatoms. The molecule has 3 rings (SSSR count). The molecular formula is C22H22N2O5S. The first-order chi connectivity index (χ1) is 14.5. The number of nitrogens with one attached hydrogen (secondary N) is 1. The summed E-state index contributed by atoms with van der Waals surface area (Å²) in [5.74, 6) is -0.779. The Hall–Kier alpha value is -3.39. The third-order valence-corrected chi connectivity index (χ3v) is 5.31. The number of rotatable bonds is 9. The highest BCUT2D eigenvalue weighted by Crippen LogP contribution is 2.33. The molecule has 0 unspecified atom stereocenters. The molecule has 1 heterocycles. The van der Waals surface area contributed by atoms with E-state index < -0.39 is 11.9 Å². The number of carboxylic acid groups (broad SMARTS) is 1. The second kappa shape index (κ2) is 9.89. The van der Waals surface area contributed by atoms with E-state index in [0.717, 1.165) is 11.3 Å². The molecule has 1 aromatic heterocycles. The molecule has 1 atom stereocenters. The number of aliphatic carboxylic acids is 1. The van der Waals surface area contributed by atoms with Gasteiger partial charge in [-0.3, -0.25) is 9.59 Å². The van der Waals surface area contributed by atoms with Crippen LogP contribution in [0.15, 0.2) is 53.9 Å². The van der Waals surface area contributed by atoms with Gasteiger partial charge in [-0.1, -0.05) is 36.4 Å². The van der Waals surface area contributed by atoms with Gasteiger partial charge in [0.05, 0.1) is 26.3 Å². The van der Waals surface area contributed by atoms with E-state index in [-0.39, 0.29) is 18.7 Å². The number of anilines is 1. The van der Waals surface area contributed by atoms with E-state index in [2.05, 4.69) is 10.3 Å². The summed E-state index contributed by atoms with van der Waals surface area (Å²) in [7, 11) is 3.03. The zero-order valence-corrected chi connectivity index (χ0v) is 17.4. The molecule has 0 saturated heterocycles. The maximum absolute atomic E-state index is 12.6. The van der Waals surface area contributed by atoms with Crippen molar-refractivity contribution < 1.29 is 24.2 Å². The molecule has 0 radical (unpaired) electrons. The number of methoxy groups -OCH3 is 2. The summed E-state index contributed by atoms with van der Waals surface area (Å²) in [6, 6.07) is 14.8. The summed E-state index contributed by atoms with van der Waals surface area (Å²) in [5, 5.41) is 14.4. The monoisotopic (exact) mass is 426 g/mol. The lowest BCUT2D eigenvalue weighted by Crippen LogP contribution is -2.17. The van der Waals surface area contributed by atoms with E-state index in [1.807, 2.05) is 35.7 Å². The number of carbonyl (C=O) groups excluding carboxylic acids is 1. The molecule has 0 spiro atoms. The molecule has 30 heavy (non-hydrogen) atoms. The van der Waals surface area contributed by atoms with Crippen LogP contribution in [0.5, 0.6) is 11.5 Å². The van der Waals surface area contributed by atoms with Gasteiger partial charge in [-0.15, -0.1) is 11.3 Å². The van der Waals surface area contributed by atoms with E-state index in [4.69, 9.17) is 9.47 Å². The van der Waals surface area contributed by atoms with Gasteiger partial charge in [0.25, 0.3) is 0 Å². The zero-order valence-electron chi connectivity index (χ0n) is 16.6. The number of carbonyl (C=O) groups is 2. The maximum Gasteiger partial charge on any atom is 0.303 e. The van der Waals surface area contributed by atoms with Crippen LogP contribution < -0.4 is 14.8 Å². The lowest BCUT2D eigenvalue weighted by molar-refractivity contribution is -0.137. The van der Waals surface area contributed by atoms with Crippen LogP contribution in [0.1, 0.15) is 24.3 Å². The number of benzene rings is 2. The first kappa shape index (κ1) is 21.3. The van der Waals surface area contributed by atoms with E-state index in [1.165, 1.54) is 25.6 Å². The molecule has 0 aliphatic heterocycles. The number of nitrogens with zero attached hydrogens (tertiary/aromatic N) is 1. The topological polar surface area (TPSA) is 97.8 Å². The fourth-order valence-electron chi connectivity index (χ4n) is 3.09. The third-order valence-electron chi connectivity index (χ3n) is 4.55. The Balaban J connectivity index is 1.73. The van der Waals surface area contributed by atoms with Crippen LogP contribution in [0.2, 0.25) is 0 Å². The van der Waals surface area contributed by atoms with Crippen LogP contribution in [-0.4, -0.2) is 36.2 Å². The van der Waals surface area contributed by atoms with Crippen molar-refractivity contribution in [3.63, 3.8) is 0 Å². The Bertz CT molecular complexity index is 1020. The molecule has 1 amide bonds. The van der Waals surface area contributed by atoms with Gasteiger partial charge in [-0.05, 0) is 17.7 Å². The largest absolute Gasteiger partial charge is 0.493 e. The van der Waals surface area contributed by atoms with Gasteiger partial charge in [0.2, 0.25) is 5.91 Å². The van der Waals surface area contributed by atoms with Gasteiger partial charge in [0, 0.05) is 23.3 Å². The smallest absolute Gasteiger partial charge is 0.303 e. The Morgan fingerprint density at radius 3 is 2.47 bits per heavy atom. The highest BCUT2D eigenvalue weighted by molar-refractivity contribution is 7.14. The van der Waals surface area contributed by atoms with Gasteiger partial charge in [-0.2, -0.15) is 0 Å². The van der Waals surface area contributed by atoms with Gasteiger partial charge in [-0.25, -0.2) is 4.98 Å². The van der Waals surface area contributed by atoms with Crippen LogP contribution in [0.4, 0.5) is 5.13 Å². The quantitative estimate of drug-likeness (QED) is 0.526. The summed E-state index contributed by atoms with van der Waals surface area (Å²) >= 11 is 1.32. The number of ether oxygens (including phenoxy) is 2. The van der Waals surface area contributed by atoms with Crippen molar-refractivity contribution in [2.75, 3.05) is 19.5 Å². The van der Waals surface area contributed by atoms with Gasteiger partial charge in [0.15, 0.2) is 16.6 Å². The van der Waals surface area contributed by atoms with Gasteiger partial charge >= 0.3 is 5.97 Å². The highest BCUT2D eigenvalue weighted by Gasteiger charge is 2.22. The Morgan fingerprint density at radius 1 is 1.07 bits per heavy atom. The Labute approximate surface area is 178 Å². The average molecular weight is 426 g/mol. The number of amides is 1. The number of hydrogen-bond acceptors (Lipinski definition) is 6. The highest BCUT2D eigenvalue weighted by atomic mass is 32.1. The number of carboxylic acids is 1. The molecule has 0 fully saturated rings. The van der Waals surface area contributed by atoms with Gasteiger partial charge in [0.1, 0.15) is 0 Å². The fourth-order valence-corrected chi connectivity index (χ4v) is 3.83. The lowest BCUT2D eigenvalue weighted by atomic mass is 9.92. The minimum absolute atomic E-state index is 0.00202. The SMILES string of the molecule is COc1ccc([C@@H](CC(=O)O)CC(=O)Nc2nc(-c3ccccc3)cs2)cc1OC. The molecule has 0 bridgehead atoms. The summed E-state index contributed by atoms with van der Waals surface area (Å²) in [6.07, 6.45) is -0.182. The molecule has 7 nitrogen and oxygen atoms in total. The fraction of sp³-hybridized carbons (Fsp3) is 0.227. The minimum Gasteiger partial charge on any atom is -0.493 e. The summed E-state index contributed by atoms with van der Waals surface area (Å²) in [4.78, 5) is 28.4. The van der Waals surface area contributed by atoms with Crippen LogP contribution >= 0.6 is 11.3 Å². The zero-order chi connectivity index (χ0) is 21.5. The molecule has 0 aliphatic rings. The number of hydrogen-bond donors (Lipinski definition) is 2. The van der Waals surface area contributed by atoms with E-state index in [1.54, 1.807) is 18.2 Å². The molecular weight excluding hydrogens is 404 g/mol. The summed E-state index contributed by atoms with van der Waals surface area (Å²) in [5.41, 5.74) is 2.43. The minimum atomic E-state index is -0.983. The van der Waals surface area contributed by atoms with Crippen molar-refractivity contribution >= 4 is 28.3 Å². The maximum atomic E-state index is 12.6. The first-order valence-corrected chi connectivity index (χ1v) is 10.1. The second-order valence-corrected chi connectivity index (χ2v) is 7.42. The molecule has 2 N–H and O–H groups in total. The third kappa shape index (κ3) is 5.36. The van der Waals surface area contributed by atoms with Crippen molar-refractivity contribution in [2.45, 2.75) is 18.8 Å². The van der Waals surface area contributed by atoms with Crippen molar-refractivity contribution in [3.8, 4) is 22.8 Å². The predicted octanol–water partition coefficient (Wildman–Crippen LogP) is 4.41. The molecule has 2 aromatic carbocycles. The van der Waals surface area contributed by atoms with Crippen molar-refractivity contribution in [3.05, 3.63) is 59.5 Å². The summed E-state index contributed by atoms with van der Waals surface area (Å²) in [6.45, 7) is 0. The van der Waals surface area contributed by atoms with Crippen molar-refractivity contribution in [2.24, 2.45) is 0 Å². The van der Waals surface area contributed by atoms with Crippen molar-refractivity contribution in [1.82, 2.24) is 4.98 Å². The molecule has 0 saturated carbocycles. The lowest BCUT2D eigenvalue weighted by Gasteiger charge is -2.17. The first-order valence-electron chi connectivity index (χ1n) is 9.24. The number of thiazole rings is 1. The normalized spacial score (nSPS) is 11.5. The predicted molar refractivity (Wildman–Crippen MR) is 115 cm³/mol. The molecule has 0 aliphatic carbocycles.